The maximum Gasteiger partial charge on any atom is 0.225 e. The summed E-state index contributed by atoms with van der Waals surface area (Å²) in [4.78, 5) is 14.2. The normalized spacial score (nSPS) is 32.1. The SMILES string of the molecule is Cl.Cl.NC1CCC(C(=O)N2CCC[C@@H](N)C2)CC1. The van der Waals surface area contributed by atoms with E-state index < -0.39 is 0 Å². The minimum Gasteiger partial charge on any atom is -0.341 e. The van der Waals surface area contributed by atoms with E-state index in [0.29, 0.717) is 11.9 Å². The molecule has 2 fully saturated rings. The number of nitrogens with two attached hydrogens (primary N) is 2. The lowest BCUT2D eigenvalue weighted by Crippen LogP contribution is -2.48. The van der Waals surface area contributed by atoms with Crippen LogP contribution in [0.4, 0.5) is 0 Å². The fraction of sp³-hybridized carbons (Fsp3) is 0.917. The molecule has 0 unspecified atom stereocenters. The topological polar surface area (TPSA) is 72.4 Å². The fourth-order valence-electron chi connectivity index (χ4n) is 2.83. The number of carbonyl (C=O) groups excluding carboxylic acids is 1. The smallest absolute Gasteiger partial charge is 0.225 e. The van der Waals surface area contributed by atoms with Crippen LogP contribution in [0.3, 0.4) is 0 Å². The summed E-state index contributed by atoms with van der Waals surface area (Å²) in [7, 11) is 0. The number of hydrogen-bond acceptors (Lipinski definition) is 3. The number of likely N-dealkylation sites (tertiary alicyclic amines) is 1. The minimum atomic E-state index is 0. The van der Waals surface area contributed by atoms with Gasteiger partial charge in [-0.25, -0.2) is 0 Å². The zero-order valence-corrected chi connectivity index (χ0v) is 12.3. The van der Waals surface area contributed by atoms with Gasteiger partial charge in [0.25, 0.3) is 0 Å². The third kappa shape index (κ3) is 4.57. The average Bonchev–Trinajstić information content (AvgIpc) is 2.29. The van der Waals surface area contributed by atoms with Crippen LogP contribution >= 0.6 is 24.8 Å². The van der Waals surface area contributed by atoms with Crippen LogP contribution in [0, 0.1) is 5.92 Å². The van der Waals surface area contributed by atoms with Gasteiger partial charge in [0.05, 0.1) is 0 Å². The first-order chi connectivity index (χ1) is 7.66. The second-order valence-electron chi connectivity index (χ2n) is 5.30. The van der Waals surface area contributed by atoms with Gasteiger partial charge in [-0.15, -0.1) is 24.8 Å². The van der Waals surface area contributed by atoms with Crippen molar-refractivity contribution >= 4 is 30.7 Å². The summed E-state index contributed by atoms with van der Waals surface area (Å²) in [6, 6.07) is 0.496. The van der Waals surface area contributed by atoms with Crippen molar-refractivity contribution in [2.75, 3.05) is 13.1 Å². The van der Waals surface area contributed by atoms with Crippen LogP contribution < -0.4 is 11.5 Å². The van der Waals surface area contributed by atoms with Gasteiger partial charge in [-0.1, -0.05) is 0 Å². The molecule has 1 amide bonds. The number of hydrogen-bond donors (Lipinski definition) is 2. The van der Waals surface area contributed by atoms with Gasteiger partial charge in [0.1, 0.15) is 0 Å². The molecule has 0 radical (unpaired) electrons. The molecule has 0 spiro atoms. The predicted octanol–water partition coefficient (Wildman–Crippen LogP) is 1.30. The van der Waals surface area contributed by atoms with E-state index in [-0.39, 0.29) is 36.8 Å². The molecular formula is C12H25Cl2N3O. The van der Waals surface area contributed by atoms with Gasteiger partial charge in [-0.3, -0.25) is 4.79 Å². The lowest BCUT2D eigenvalue weighted by molar-refractivity contribution is -0.137. The largest absolute Gasteiger partial charge is 0.341 e. The number of rotatable bonds is 1. The van der Waals surface area contributed by atoms with Gasteiger partial charge in [-0.2, -0.15) is 0 Å². The maximum absolute atomic E-state index is 12.2. The molecule has 1 heterocycles. The summed E-state index contributed by atoms with van der Waals surface area (Å²) in [6.07, 6.45) is 6.03. The molecule has 108 valence electrons. The molecule has 0 aromatic rings. The molecule has 4 N–H and O–H groups in total. The third-order valence-electron chi connectivity index (χ3n) is 3.89. The second-order valence-corrected chi connectivity index (χ2v) is 5.30. The molecule has 6 heteroatoms. The number of amides is 1. The molecule has 2 aliphatic rings. The highest BCUT2D eigenvalue weighted by molar-refractivity contribution is 5.85. The Morgan fingerprint density at radius 1 is 0.944 bits per heavy atom. The number of piperidine rings is 1. The lowest BCUT2D eigenvalue weighted by atomic mass is 9.85. The van der Waals surface area contributed by atoms with E-state index in [0.717, 1.165) is 51.6 Å². The molecule has 1 saturated carbocycles. The van der Waals surface area contributed by atoms with Crippen molar-refractivity contribution < 1.29 is 4.79 Å². The zero-order valence-electron chi connectivity index (χ0n) is 10.7. The second kappa shape index (κ2) is 8.20. The Labute approximate surface area is 122 Å². The van der Waals surface area contributed by atoms with Crippen molar-refractivity contribution in [2.45, 2.75) is 50.6 Å². The molecule has 0 aromatic carbocycles. The first-order valence-corrected chi connectivity index (χ1v) is 6.47. The van der Waals surface area contributed by atoms with Gasteiger partial charge < -0.3 is 16.4 Å². The Balaban J connectivity index is 0.00000144. The van der Waals surface area contributed by atoms with Gasteiger partial charge in [0.2, 0.25) is 5.91 Å². The van der Waals surface area contributed by atoms with Crippen LogP contribution in [0.2, 0.25) is 0 Å². The fourth-order valence-corrected chi connectivity index (χ4v) is 2.83. The van der Waals surface area contributed by atoms with Crippen LogP contribution in [0.25, 0.3) is 0 Å². The zero-order chi connectivity index (χ0) is 11.5. The van der Waals surface area contributed by atoms with E-state index in [9.17, 15) is 4.79 Å². The molecule has 4 nitrogen and oxygen atoms in total. The maximum atomic E-state index is 12.2. The van der Waals surface area contributed by atoms with Crippen molar-refractivity contribution in [3.05, 3.63) is 0 Å². The highest BCUT2D eigenvalue weighted by atomic mass is 35.5. The van der Waals surface area contributed by atoms with Gasteiger partial charge in [0.15, 0.2) is 0 Å². The summed E-state index contributed by atoms with van der Waals surface area (Å²) in [6.45, 7) is 1.65. The summed E-state index contributed by atoms with van der Waals surface area (Å²) in [5.74, 6) is 0.534. The van der Waals surface area contributed by atoms with E-state index in [1.807, 2.05) is 4.90 Å². The van der Waals surface area contributed by atoms with Gasteiger partial charge >= 0.3 is 0 Å². The molecule has 18 heavy (non-hydrogen) atoms. The van der Waals surface area contributed by atoms with E-state index in [1.165, 1.54) is 0 Å². The Bertz CT molecular complexity index is 258. The highest BCUT2D eigenvalue weighted by Crippen LogP contribution is 2.26. The molecule has 1 aliphatic carbocycles. The summed E-state index contributed by atoms with van der Waals surface area (Å²) in [5, 5.41) is 0. The molecule has 0 aromatic heterocycles. The van der Waals surface area contributed by atoms with Gasteiger partial charge in [-0.05, 0) is 38.5 Å². The summed E-state index contributed by atoms with van der Waals surface area (Å²) in [5.41, 5.74) is 11.8. The molecule has 1 saturated heterocycles. The quantitative estimate of drug-likeness (QED) is 0.766. The Hall–Kier alpha value is -0.0300. The third-order valence-corrected chi connectivity index (χ3v) is 3.89. The van der Waals surface area contributed by atoms with Crippen LogP contribution in [0.1, 0.15) is 38.5 Å². The standard InChI is InChI=1S/C12H23N3O.2ClH/c13-10-5-3-9(4-6-10)12(16)15-7-1-2-11(14)8-15;;/h9-11H,1-8,13-14H2;2*1H/t9?,10?,11-;;/m1../s1. The van der Waals surface area contributed by atoms with Crippen LogP contribution in [0.5, 0.6) is 0 Å². The molecule has 0 bridgehead atoms. The lowest BCUT2D eigenvalue weighted by Gasteiger charge is -2.35. The monoisotopic (exact) mass is 297 g/mol. The molecular weight excluding hydrogens is 273 g/mol. The Morgan fingerprint density at radius 2 is 1.56 bits per heavy atom. The Morgan fingerprint density at radius 3 is 2.11 bits per heavy atom. The first kappa shape index (κ1) is 18.0. The van der Waals surface area contributed by atoms with E-state index in [4.69, 9.17) is 11.5 Å². The van der Waals surface area contributed by atoms with Crippen molar-refractivity contribution in [3.63, 3.8) is 0 Å². The van der Waals surface area contributed by atoms with Crippen LogP contribution in [0.15, 0.2) is 0 Å². The highest BCUT2D eigenvalue weighted by Gasteiger charge is 2.30. The van der Waals surface area contributed by atoms with Crippen molar-refractivity contribution in [1.29, 1.82) is 0 Å². The van der Waals surface area contributed by atoms with Crippen molar-refractivity contribution in [1.82, 2.24) is 4.90 Å². The number of nitrogens with zero attached hydrogens (tertiary/aromatic N) is 1. The van der Waals surface area contributed by atoms with Crippen molar-refractivity contribution in [3.8, 4) is 0 Å². The average molecular weight is 298 g/mol. The van der Waals surface area contributed by atoms with E-state index >= 15 is 0 Å². The van der Waals surface area contributed by atoms with E-state index in [2.05, 4.69) is 0 Å². The minimum absolute atomic E-state index is 0. The summed E-state index contributed by atoms with van der Waals surface area (Å²) < 4.78 is 0. The Kier molecular flexibility index (Phi) is 8.19. The first-order valence-electron chi connectivity index (χ1n) is 6.47. The molecule has 2 rings (SSSR count). The molecule has 1 atom stereocenters. The number of carbonyl (C=O) groups is 1. The van der Waals surface area contributed by atoms with Crippen LogP contribution in [-0.2, 0) is 4.79 Å². The predicted molar refractivity (Wildman–Crippen MR) is 78.2 cm³/mol. The number of halogens is 2. The van der Waals surface area contributed by atoms with Crippen molar-refractivity contribution in [2.24, 2.45) is 17.4 Å². The molecule has 1 aliphatic heterocycles. The van der Waals surface area contributed by atoms with E-state index in [1.54, 1.807) is 0 Å². The van der Waals surface area contributed by atoms with Crippen LogP contribution in [-0.4, -0.2) is 36.0 Å². The summed E-state index contributed by atoms with van der Waals surface area (Å²) >= 11 is 0. The van der Waals surface area contributed by atoms with Gasteiger partial charge in [0, 0.05) is 31.1 Å².